The van der Waals surface area contributed by atoms with E-state index in [0.29, 0.717) is 38.5 Å². The van der Waals surface area contributed by atoms with E-state index in [2.05, 4.69) is 24.5 Å². The lowest BCUT2D eigenvalue weighted by Gasteiger charge is -2.34. The second kappa shape index (κ2) is 9.58. The first kappa shape index (κ1) is 22.7. The van der Waals surface area contributed by atoms with Gasteiger partial charge < -0.3 is 15.4 Å². The molecule has 0 saturated carbocycles. The predicted molar refractivity (Wildman–Crippen MR) is 106 cm³/mol. The summed E-state index contributed by atoms with van der Waals surface area (Å²) in [6, 6.07) is 7.80. The first-order valence-electron chi connectivity index (χ1n) is 8.68. The van der Waals surface area contributed by atoms with Crippen LogP contribution in [-0.4, -0.2) is 51.6 Å². The molecule has 0 atom stereocenters. The van der Waals surface area contributed by atoms with Crippen molar-refractivity contribution in [3.63, 3.8) is 0 Å². The molecular weight excluding hydrogens is 376 g/mol. The van der Waals surface area contributed by atoms with Gasteiger partial charge >= 0.3 is 0 Å². The summed E-state index contributed by atoms with van der Waals surface area (Å²) in [5.74, 6) is 0.720. The molecule has 1 fully saturated rings. The molecule has 2 N–H and O–H groups in total. The zero-order valence-electron chi connectivity index (χ0n) is 15.6. The molecule has 0 spiro atoms. The molecular formula is C18H29ClN2O4S. The standard InChI is InChI=1S/C18H28N2O4S.ClH/c1-14(2)15-6-4-5-7-16(15)24-13-12-20-17(21)18(25(3,22)23)8-10-19-11-9-18;/h4-7,14,19H,8-13H2,1-3H3,(H,20,21);1H. The molecule has 1 saturated heterocycles. The minimum atomic E-state index is -3.49. The molecule has 0 bridgehead atoms. The van der Waals surface area contributed by atoms with Gasteiger partial charge in [-0.15, -0.1) is 12.4 Å². The molecule has 6 nitrogen and oxygen atoms in total. The Morgan fingerprint density at radius 1 is 1.27 bits per heavy atom. The van der Waals surface area contributed by atoms with Crippen LogP contribution < -0.4 is 15.4 Å². The average molecular weight is 405 g/mol. The topological polar surface area (TPSA) is 84.5 Å². The normalized spacial score (nSPS) is 16.6. The third kappa shape index (κ3) is 5.11. The number of nitrogens with one attached hydrogen (secondary N) is 2. The summed E-state index contributed by atoms with van der Waals surface area (Å²) in [7, 11) is -3.49. The van der Waals surface area contributed by atoms with E-state index in [1.807, 2.05) is 24.3 Å². The van der Waals surface area contributed by atoms with Crippen LogP contribution in [0.4, 0.5) is 0 Å². The van der Waals surface area contributed by atoms with Crippen molar-refractivity contribution in [1.82, 2.24) is 10.6 Å². The van der Waals surface area contributed by atoms with E-state index in [0.717, 1.165) is 17.6 Å². The van der Waals surface area contributed by atoms with E-state index < -0.39 is 20.5 Å². The van der Waals surface area contributed by atoms with Crippen molar-refractivity contribution in [2.75, 3.05) is 32.5 Å². The molecule has 1 aliphatic heterocycles. The van der Waals surface area contributed by atoms with E-state index in [1.165, 1.54) is 0 Å². The van der Waals surface area contributed by atoms with E-state index in [-0.39, 0.29) is 19.0 Å². The van der Waals surface area contributed by atoms with Crippen molar-refractivity contribution in [3.8, 4) is 5.75 Å². The minimum Gasteiger partial charge on any atom is -0.491 e. The van der Waals surface area contributed by atoms with E-state index in [4.69, 9.17) is 4.74 Å². The smallest absolute Gasteiger partial charge is 0.241 e. The highest BCUT2D eigenvalue weighted by Gasteiger charge is 2.48. The summed E-state index contributed by atoms with van der Waals surface area (Å²) in [5, 5.41) is 5.85. The largest absolute Gasteiger partial charge is 0.491 e. The maximum Gasteiger partial charge on any atom is 0.241 e. The molecule has 148 valence electrons. The molecule has 1 aromatic rings. The third-order valence-electron chi connectivity index (χ3n) is 4.72. The highest BCUT2D eigenvalue weighted by molar-refractivity contribution is 7.92. The molecule has 1 aliphatic rings. The Balaban J connectivity index is 0.00000338. The molecule has 1 amide bonds. The molecule has 8 heteroatoms. The van der Waals surface area contributed by atoms with Crippen molar-refractivity contribution >= 4 is 28.2 Å². The highest BCUT2D eigenvalue weighted by atomic mass is 35.5. The summed E-state index contributed by atoms with van der Waals surface area (Å²) in [5.41, 5.74) is 1.11. The van der Waals surface area contributed by atoms with Gasteiger partial charge in [-0.2, -0.15) is 0 Å². The number of piperidine rings is 1. The van der Waals surface area contributed by atoms with Crippen LogP contribution in [0.25, 0.3) is 0 Å². The summed E-state index contributed by atoms with van der Waals surface area (Å²) in [6.07, 6.45) is 1.75. The Morgan fingerprint density at radius 3 is 2.46 bits per heavy atom. The molecule has 2 rings (SSSR count). The fourth-order valence-corrected chi connectivity index (χ4v) is 4.53. The van der Waals surface area contributed by atoms with E-state index in [1.54, 1.807) is 0 Å². The Morgan fingerprint density at radius 2 is 1.88 bits per heavy atom. The minimum absolute atomic E-state index is 0. The summed E-state index contributed by atoms with van der Waals surface area (Å²) in [4.78, 5) is 12.6. The van der Waals surface area contributed by atoms with Gasteiger partial charge in [-0.05, 0) is 43.5 Å². The zero-order valence-corrected chi connectivity index (χ0v) is 17.2. The fourth-order valence-electron chi connectivity index (χ4n) is 3.17. The van der Waals surface area contributed by atoms with Crippen LogP contribution in [0.15, 0.2) is 24.3 Å². The Kier molecular flexibility index (Phi) is 8.37. The van der Waals surface area contributed by atoms with Crippen LogP contribution in [-0.2, 0) is 14.6 Å². The number of halogens is 1. The Labute approximate surface area is 162 Å². The molecule has 26 heavy (non-hydrogen) atoms. The number of para-hydroxylation sites is 1. The molecule has 0 aromatic heterocycles. The van der Waals surface area contributed by atoms with Crippen molar-refractivity contribution in [2.45, 2.75) is 37.4 Å². The van der Waals surface area contributed by atoms with Gasteiger partial charge in [0.25, 0.3) is 0 Å². The third-order valence-corrected chi connectivity index (χ3v) is 6.73. The maximum absolute atomic E-state index is 12.6. The number of carbonyl (C=O) groups is 1. The number of amides is 1. The molecule has 1 aromatic carbocycles. The first-order valence-corrected chi connectivity index (χ1v) is 10.6. The van der Waals surface area contributed by atoms with Gasteiger partial charge in [0, 0.05) is 6.26 Å². The number of ether oxygens (including phenoxy) is 1. The second-order valence-corrected chi connectivity index (χ2v) is 9.14. The molecule has 0 unspecified atom stereocenters. The summed E-state index contributed by atoms with van der Waals surface area (Å²) in [6.45, 7) is 5.81. The van der Waals surface area contributed by atoms with Crippen LogP contribution in [0, 0.1) is 0 Å². The fraction of sp³-hybridized carbons (Fsp3) is 0.611. The second-order valence-electron chi connectivity index (χ2n) is 6.81. The summed E-state index contributed by atoms with van der Waals surface area (Å²) >= 11 is 0. The van der Waals surface area contributed by atoms with Crippen LogP contribution in [0.3, 0.4) is 0 Å². The van der Waals surface area contributed by atoms with Gasteiger partial charge in [0.2, 0.25) is 5.91 Å². The quantitative estimate of drug-likeness (QED) is 0.678. The van der Waals surface area contributed by atoms with E-state index >= 15 is 0 Å². The van der Waals surface area contributed by atoms with Crippen molar-refractivity contribution in [1.29, 1.82) is 0 Å². The lowest BCUT2D eigenvalue weighted by molar-refractivity contribution is -0.124. The summed E-state index contributed by atoms with van der Waals surface area (Å²) < 4.78 is 28.9. The van der Waals surface area contributed by atoms with Gasteiger partial charge in [-0.25, -0.2) is 8.42 Å². The van der Waals surface area contributed by atoms with Crippen molar-refractivity contribution < 1.29 is 17.9 Å². The number of hydrogen-bond donors (Lipinski definition) is 2. The van der Waals surface area contributed by atoms with Gasteiger partial charge in [0.1, 0.15) is 12.4 Å². The lowest BCUT2D eigenvalue weighted by atomic mass is 9.96. The van der Waals surface area contributed by atoms with Crippen LogP contribution in [0.1, 0.15) is 38.2 Å². The van der Waals surface area contributed by atoms with Crippen LogP contribution in [0.5, 0.6) is 5.75 Å². The molecule has 0 radical (unpaired) electrons. The number of benzene rings is 1. The van der Waals surface area contributed by atoms with Gasteiger partial charge in [-0.3, -0.25) is 4.79 Å². The molecule has 0 aliphatic carbocycles. The zero-order chi connectivity index (χ0) is 18.5. The SMILES string of the molecule is CC(C)c1ccccc1OCCNC(=O)C1(S(C)(=O)=O)CCNCC1.Cl. The molecule has 1 heterocycles. The Hall–Kier alpha value is -1.31. The van der Waals surface area contributed by atoms with Crippen molar-refractivity contribution in [3.05, 3.63) is 29.8 Å². The average Bonchev–Trinajstić information content (AvgIpc) is 2.58. The van der Waals surface area contributed by atoms with Crippen LogP contribution >= 0.6 is 12.4 Å². The van der Waals surface area contributed by atoms with Crippen molar-refractivity contribution in [2.24, 2.45) is 0 Å². The number of rotatable bonds is 7. The van der Waals surface area contributed by atoms with Gasteiger partial charge in [-0.1, -0.05) is 32.0 Å². The highest BCUT2D eigenvalue weighted by Crippen LogP contribution is 2.28. The maximum atomic E-state index is 12.6. The van der Waals surface area contributed by atoms with Gasteiger partial charge in [0.05, 0.1) is 6.54 Å². The van der Waals surface area contributed by atoms with Gasteiger partial charge in [0.15, 0.2) is 14.6 Å². The van der Waals surface area contributed by atoms with E-state index in [9.17, 15) is 13.2 Å². The predicted octanol–water partition coefficient (Wildman–Crippen LogP) is 1.89. The number of hydrogen-bond acceptors (Lipinski definition) is 5. The monoisotopic (exact) mass is 404 g/mol. The number of carbonyl (C=O) groups excluding carboxylic acids is 1. The first-order chi connectivity index (χ1) is 11.8. The Bertz CT molecular complexity index is 701. The number of sulfone groups is 1. The van der Waals surface area contributed by atoms with Crippen LogP contribution in [0.2, 0.25) is 0 Å². The lowest BCUT2D eigenvalue weighted by Crippen LogP contribution is -2.57.